The van der Waals surface area contributed by atoms with Gasteiger partial charge in [0, 0.05) is 6.54 Å². The predicted octanol–water partition coefficient (Wildman–Crippen LogP) is 1.95. The molecule has 0 heterocycles. The van der Waals surface area contributed by atoms with E-state index in [2.05, 4.69) is 5.32 Å². The Bertz CT molecular complexity index is 437. The van der Waals surface area contributed by atoms with Crippen molar-refractivity contribution in [3.05, 3.63) is 35.6 Å². The average Bonchev–Trinajstić information content (AvgIpc) is 2.39. The van der Waals surface area contributed by atoms with Crippen LogP contribution in [0.3, 0.4) is 0 Å². The zero-order valence-corrected chi connectivity index (χ0v) is 13.8. The number of likely N-dealkylation sites (N-methyl/N-ethyl adjacent to an activating group) is 1. The lowest BCUT2D eigenvalue weighted by molar-refractivity contribution is -0.123. The van der Waals surface area contributed by atoms with Crippen LogP contribution >= 0.6 is 12.4 Å². The fourth-order valence-corrected chi connectivity index (χ4v) is 1.90. The highest BCUT2D eigenvalue weighted by atomic mass is 35.5. The molecule has 1 aromatic rings. The van der Waals surface area contributed by atoms with Crippen molar-refractivity contribution >= 4 is 18.3 Å². The first-order chi connectivity index (χ1) is 9.32. The van der Waals surface area contributed by atoms with Gasteiger partial charge in [-0.1, -0.05) is 26.0 Å². The summed E-state index contributed by atoms with van der Waals surface area (Å²) in [7, 11) is 3.84. The van der Waals surface area contributed by atoms with Gasteiger partial charge in [-0.05, 0) is 37.7 Å². The first kappa shape index (κ1) is 19.8. The molecule has 0 bridgehead atoms. The minimum atomic E-state index is -0.508. The molecular weight excluding hydrogens is 293 g/mol. The first-order valence-electron chi connectivity index (χ1n) is 6.78. The third-order valence-corrected chi connectivity index (χ3v) is 3.37. The van der Waals surface area contributed by atoms with Gasteiger partial charge in [-0.3, -0.25) is 4.79 Å². The zero-order chi connectivity index (χ0) is 15.3. The van der Waals surface area contributed by atoms with E-state index < -0.39 is 6.04 Å². The Balaban J connectivity index is 0.00000400. The Morgan fingerprint density at radius 3 is 2.24 bits per heavy atom. The molecule has 3 N–H and O–H groups in total. The van der Waals surface area contributed by atoms with Crippen LogP contribution in [0.5, 0.6) is 0 Å². The zero-order valence-electron chi connectivity index (χ0n) is 13.0. The van der Waals surface area contributed by atoms with E-state index in [1.54, 1.807) is 12.1 Å². The molecule has 0 aliphatic rings. The fraction of sp³-hybridized carbons (Fsp3) is 0.533. The van der Waals surface area contributed by atoms with Crippen molar-refractivity contribution < 1.29 is 9.18 Å². The van der Waals surface area contributed by atoms with Crippen molar-refractivity contribution in [1.29, 1.82) is 0 Å². The number of nitrogens with zero attached hydrogens (tertiary/aromatic N) is 1. The van der Waals surface area contributed by atoms with Crippen LogP contribution < -0.4 is 11.1 Å². The maximum absolute atomic E-state index is 13.0. The molecule has 0 aliphatic carbocycles. The maximum atomic E-state index is 13.0. The van der Waals surface area contributed by atoms with Crippen LogP contribution in [-0.2, 0) is 4.79 Å². The quantitative estimate of drug-likeness (QED) is 0.843. The van der Waals surface area contributed by atoms with Gasteiger partial charge >= 0.3 is 0 Å². The molecule has 6 heteroatoms. The van der Waals surface area contributed by atoms with E-state index in [0.29, 0.717) is 6.54 Å². The third kappa shape index (κ3) is 5.99. The molecule has 4 nitrogen and oxygen atoms in total. The number of carbonyl (C=O) groups is 1. The molecule has 1 rings (SSSR count). The van der Waals surface area contributed by atoms with Crippen LogP contribution in [-0.4, -0.2) is 37.5 Å². The molecule has 0 radical (unpaired) electrons. The van der Waals surface area contributed by atoms with Crippen molar-refractivity contribution in [2.75, 3.05) is 20.6 Å². The molecule has 1 amide bonds. The Labute approximate surface area is 132 Å². The molecule has 0 aliphatic heterocycles. The summed E-state index contributed by atoms with van der Waals surface area (Å²) in [6.45, 7) is 4.26. The fourth-order valence-electron chi connectivity index (χ4n) is 1.90. The first-order valence-corrected chi connectivity index (χ1v) is 6.78. The van der Waals surface area contributed by atoms with Gasteiger partial charge in [0.25, 0.3) is 0 Å². The van der Waals surface area contributed by atoms with Crippen LogP contribution in [0.25, 0.3) is 0 Å². The molecule has 0 spiro atoms. The minimum absolute atomic E-state index is 0. The van der Waals surface area contributed by atoms with Crippen LogP contribution in [0, 0.1) is 11.7 Å². The molecule has 1 unspecified atom stereocenters. The second-order valence-electron chi connectivity index (χ2n) is 5.55. The van der Waals surface area contributed by atoms with Crippen LogP contribution in [0.2, 0.25) is 0 Å². The molecule has 0 aromatic heterocycles. The second-order valence-corrected chi connectivity index (χ2v) is 5.55. The van der Waals surface area contributed by atoms with Gasteiger partial charge in [0.15, 0.2) is 0 Å². The standard InChI is InChI=1S/C15H24FN3O.ClH/c1-10(2)14(17)15(20)18-9-13(19(3)4)11-5-7-12(16)8-6-11;/h5-8,10,13-14H,9,17H2,1-4H3,(H,18,20);1H/t13?,14-;/m0./s1. The van der Waals surface area contributed by atoms with Gasteiger partial charge in [0.2, 0.25) is 5.91 Å². The van der Waals surface area contributed by atoms with Crippen molar-refractivity contribution in [1.82, 2.24) is 10.2 Å². The van der Waals surface area contributed by atoms with Crippen molar-refractivity contribution in [2.45, 2.75) is 25.9 Å². The summed E-state index contributed by atoms with van der Waals surface area (Å²) in [6.07, 6.45) is 0. The lowest BCUT2D eigenvalue weighted by atomic mass is 10.0. The summed E-state index contributed by atoms with van der Waals surface area (Å²) >= 11 is 0. The van der Waals surface area contributed by atoms with E-state index in [1.165, 1.54) is 12.1 Å². The summed E-state index contributed by atoms with van der Waals surface area (Å²) in [5.74, 6) is -0.329. The van der Waals surface area contributed by atoms with Crippen molar-refractivity contribution in [3.8, 4) is 0 Å². The van der Waals surface area contributed by atoms with Crippen molar-refractivity contribution in [2.24, 2.45) is 11.7 Å². The molecule has 0 saturated heterocycles. The summed E-state index contributed by atoms with van der Waals surface area (Å²) < 4.78 is 13.0. The van der Waals surface area contributed by atoms with Gasteiger partial charge in [0.05, 0.1) is 12.1 Å². The van der Waals surface area contributed by atoms with E-state index >= 15 is 0 Å². The Morgan fingerprint density at radius 1 is 1.29 bits per heavy atom. The number of amides is 1. The van der Waals surface area contributed by atoms with E-state index in [0.717, 1.165) is 5.56 Å². The number of hydrogen-bond donors (Lipinski definition) is 2. The summed E-state index contributed by atoms with van der Waals surface area (Å²) in [5, 5.41) is 2.86. The molecule has 0 fully saturated rings. The molecule has 1 aromatic carbocycles. The topological polar surface area (TPSA) is 58.4 Å². The molecule has 0 saturated carbocycles. The number of nitrogens with one attached hydrogen (secondary N) is 1. The lowest BCUT2D eigenvalue weighted by Gasteiger charge is -2.26. The van der Waals surface area contributed by atoms with E-state index in [1.807, 2.05) is 32.8 Å². The normalized spacial score (nSPS) is 13.7. The Morgan fingerprint density at radius 2 is 1.81 bits per heavy atom. The number of benzene rings is 1. The maximum Gasteiger partial charge on any atom is 0.237 e. The van der Waals surface area contributed by atoms with Crippen LogP contribution in [0.1, 0.15) is 25.5 Å². The summed E-state index contributed by atoms with van der Waals surface area (Å²) in [5.41, 5.74) is 6.76. The Hall–Kier alpha value is -1.17. The third-order valence-electron chi connectivity index (χ3n) is 3.37. The average molecular weight is 318 g/mol. The Kier molecular flexibility index (Phi) is 8.47. The van der Waals surface area contributed by atoms with Gasteiger partial charge < -0.3 is 16.0 Å². The lowest BCUT2D eigenvalue weighted by Crippen LogP contribution is -2.46. The predicted molar refractivity (Wildman–Crippen MR) is 85.9 cm³/mol. The molecule has 2 atom stereocenters. The monoisotopic (exact) mass is 317 g/mol. The molecular formula is C15H25ClFN3O. The van der Waals surface area contributed by atoms with E-state index in [9.17, 15) is 9.18 Å². The van der Waals surface area contributed by atoms with E-state index in [4.69, 9.17) is 5.73 Å². The van der Waals surface area contributed by atoms with Gasteiger partial charge in [-0.2, -0.15) is 0 Å². The van der Waals surface area contributed by atoms with Crippen LogP contribution in [0.15, 0.2) is 24.3 Å². The van der Waals surface area contributed by atoms with Crippen LogP contribution in [0.4, 0.5) is 4.39 Å². The van der Waals surface area contributed by atoms with Gasteiger partial charge in [0.1, 0.15) is 5.82 Å². The highest BCUT2D eigenvalue weighted by molar-refractivity contribution is 5.85. The van der Waals surface area contributed by atoms with E-state index in [-0.39, 0.29) is 36.1 Å². The van der Waals surface area contributed by atoms with Crippen molar-refractivity contribution in [3.63, 3.8) is 0 Å². The largest absolute Gasteiger partial charge is 0.353 e. The van der Waals surface area contributed by atoms with Gasteiger partial charge in [-0.15, -0.1) is 12.4 Å². The number of halogens is 2. The number of nitrogens with two attached hydrogens (primary N) is 1. The number of carbonyl (C=O) groups excluding carboxylic acids is 1. The number of rotatable bonds is 6. The highest BCUT2D eigenvalue weighted by Crippen LogP contribution is 2.17. The minimum Gasteiger partial charge on any atom is -0.353 e. The highest BCUT2D eigenvalue weighted by Gasteiger charge is 2.20. The number of hydrogen-bond acceptors (Lipinski definition) is 3. The smallest absolute Gasteiger partial charge is 0.237 e. The molecule has 120 valence electrons. The summed E-state index contributed by atoms with van der Waals surface area (Å²) in [6, 6.07) is 5.79. The SMILES string of the molecule is CC(C)[C@H](N)C(=O)NCC(c1ccc(F)cc1)N(C)C.Cl. The molecule has 21 heavy (non-hydrogen) atoms. The second kappa shape index (κ2) is 8.97. The summed E-state index contributed by atoms with van der Waals surface area (Å²) in [4.78, 5) is 13.9. The van der Waals surface area contributed by atoms with Gasteiger partial charge in [-0.25, -0.2) is 4.39 Å².